The van der Waals surface area contributed by atoms with Crippen molar-refractivity contribution >= 4 is 17.6 Å². The second-order valence-corrected chi connectivity index (χ2v) is 4.55. The summed E-state index contributed by atoms with van der Waals surface area (Å²) in [4.78, 5) is 23.6. The summed E-state index contributed by atoms with van der Waals surface area (Å²) in [5, 5.41) is 2.63. The molecule has 0 atom stereocenters. The largest absolute Gasteiger partial charge is 0.497 e. The number of rotatable bonds is 6. The number of amides is 1. The van der Waals surface area contributed by atoms with E-state index >= 15 is 0 Å². The molecule has 1 amide bonds. The Hall–Kier alpha value is -3.02. The van der Waals surface area contributed by atoms with Gasteiger partial charge < -0.3 is 19.5 Å². The van der Waals surface area contributed by atoms with Crippen LogP contribution in [0.25, 0.3) is 0 Å². The lowest BCUT2D eigenvalue weighted by atomic mass is 10.2. The normalized spacial score (nSPS) is 9.83. The number of carbonyl (C=O) groups excluding carboxylic acids is 2. The van der Waals surface area contributed by atoms with Gasteiger partial charge >= 0.3 is 5.97 Å². The van der Waals surface area contributed by atoms with Crippen LogP contribution < -0.4 is 14.8 Å². The van der Waals surface area contributed by atoms with Crippen LogP contribution in [0.4, 0.5) is 5.69 Å². The zero-order valence-corrected chi connectivity index (χ0v) is 12.9. The van der Waals surface area contributed by atoms with Crippen LogP contribution in [0.2, 0.25) is 0 Å². The summed E-state index contributed by atoms with van der Waals surface area (Å²) in [6.45, 7) is -0.192. The second-order valence-electron chi connectivity index (χ2n) is 4.55. The van der Waals surface area contributed by atoms with Gasteiger partial charge in [-0.15, -0.1) is 0 Å². The van der Waals surface area contributed by atoms with E-state index in [1.54, 1.807) is 55.6 Å². The first-order chi connectivity index (χ1) is 11.1. The van der Waals surface area contributed by atoms with E-state index in [4.69, 9.17) is 9.47 Å². The number of anilines is 1. The number of hydrogen-bond donors (Lipinski definition) is 1. The predicted octanol–water partition coefficient (Wildman–Crippen LogP) is 2.50. The Balaban J connectivity index is 1.99. The van der Waals surface area contributed by atoms with Crippen molar-refractivity contribution in [3.8, 4) is 11.5 Å². The van der Waals surface area contributed by atoms with Gasteiger partial charge in [0.25, 0.3) is 5.91 Å². The van der Waals surface area contributed by atoms with E-state index in [-0.39, 0.29) is 18.1 Å². The maximum Gasteiger partial charge on any atom is 0.339 e. The van der Waals surface area contributed by atoms with Gasteiger partial charge in [-0.25, -0.2) is 4.79 Å². The molecule has 2 aromatic carbocycles. The Bertz CT molecular complexity index is 699. The SMILES string of the molecule is COC(=O)c1ccccc1NC(=O)COc1cccc(OC)c1. The average molecular weight is 315 g/mol. The van der Waals surface area contributed by atoms with E-state index in [9.17, 15) is 9.59 Å². The van der Waals surface area contributed by atoms with E-state index < -0.39 is 5.97 Å². The molecule has 23 heavy (non-hydrogen) atoms. The van der Waals surface area contributed by atoms with Gasteiger partial charge in [-0.1, -0.05) is 18.2 Å². The summed E-state index contributed by atoms with van der Waals surface area (Å²) in [7, 11) is 2.84. The van der Waals surface area contributed by atoms with Crippen molar-refractivity contribution in [3.05, 3.63) is 54.1 Å². The lowest BCUT2D eigenvalue weighted by Gasteiger charge is -2.11. The molecule has 0 fully saturated rings. The molecular formula is C17H17NO5. The first kappa shape index (κ1) is 16.4. The van der Waals surface area contributed by atoms with Crippen molar-refractivity contribution in [3.63, 3.8) is 0 Å². The molecule has 0 aliphatic heterocycles. The number of esters is 1. The zero-order valence-electron chi connectivity index (χ0n) is 12.9. The number of nitrogens with one attached hydrogen (secondary N) is 1. The lowest BCUT2D eigenvalue weighted by Crippen LogP contribution is -2.21. The van der Waals surface area contributed by atoms with E-state index in [2.05, 4.69) is 10.1 Å². The van der Waals surface area contributed by atoms with Gasteiger partial charge in [-0.3, -0.25) is 4.79 Å². The molecule has 0 aliphatic rings. The van der Waals surface area contributed by atoms with E-state index in [1.807, 2.05) is 0 Å². The molecule has 0 heterocycles. The molecule has 0 aliphatic carbocycles. The first-order valence-corrected chi connectivity index (χ1v) is 6.88. The predicted molar refractivity (Wildman–Crippen MR) is 84.9 cm³/mol. The van der Waals surface area contributed by atoms with Crippen LogP contribution in [0, 0.1) is 0 Å². The quantitative estimate of drug-likeness (QED) is 0.829. The van der Waals surface area contributed by atoms with Gasteiger partial charge in [0.1, 0.15) is 11.5 Å². The Morgan fingerprint density at radius 2 is 1.74 bits per heavy atom. The maximum absolute atomic E-state index is 12.0. The van der Waals surface area contributed by atoms with Crippen LogP contribution in [0.3, 0.4) is 0 Å². The van der Waals surface area contributed by atoms with Crippen LogP contribution in [-0.4, -0.2) is 32.7 Å². The van der Waals surface area contributed by atoms with Crippen molar-refractivity contribution in [1.82, 2.24) is 0 Å². The van der Waals surface area contributed by atoms with Crippen molar-refractivity contribution in [2.24, 2.45) is 0 Å². The molecule has 6 nitrogen and oxygen atoms in total. The molecule has 0 spiro atoms. The Kier molecular flexibility index (Phi) is 5.57. The van der Waals surface area contributed by atoms with Gasteiger partial charge in [0.05, 0.1) is 25.5 Å². The van der Waals surface area contributed by atoms with Crippen molar-refractivity contribution in [1.29, 1.82) is 0 Å². The highest BCUT2D eigenvalue weighted by atomic mass is 16.5. The third-order valence-corrected chi connectivity index (χ3v) is 3.02. The van der Waals surface area contributed by atoms with E-state index in [0.717, 1.165) is 0 Å². The van der Waals surface area contributed by atoms with Crippen LogP contribution >= 0.6 is 0 Å². The molecule has 120 valence electrons. The van der Waals surface area contributed by atoms with Gasteiger partial charge in [-0.2, -0.15) is 0 Å². The number of hydrogen-bond acceptors (Lipinski definition) is 5. The Labute approximate surface area is 134 Å². The van der Waals surface area contributed by atoms with Crippen molar-refractivity contribution < 1.29 is 23.8 Å². The molecule has 0 saturated carbocycles. The Morgan fingerprint density at radius 1 is 1.00 bits per heavy atom. The highest BCUT2D eigenvalue weighted by molar-refractivity contribution is 6.01. The maximum atomic E-state index is 12.0. The standard InChI is InChI=1S/C17H17NO5/c1-21-12-6-5-7-13(10-12)23-11-16(19)18-15-9-4-3-8-14(15)17(20)22-2/h3-10H,11H2,1-2H3,(H,18,19). The average Bonchev–Trinajstić information content (AvgIpc) is 2.60. The molecule has 2 aromatic rings. The summed E-state index contributed by atoms with van der Waals surface area (Å²) in [6, 6.07) is 13.5. The molecule has 2 rings (SSSR count). The van der Waals surface area contributed by atoms with Crippen LogP contribution in [-0.2, 0) is 9.53 Å². The first-order valence-electron chi connectivity index (χ1n) is 6.88. The van der Waals surface area contributed by atoms with E-state index in [0.29, 0.717) is 17.2 Å². The van der Waals surface area contributed by atoms with Gasteiger partial charge in [-0.05, 0) is 24.3 Å². The number of carbonyl (C=O) groups is 2. The second kappa shape index (κ2) is 7.84. The van der Waals surface area contributed by atoms with Gasteiger partial charge in [0, 0.05) is 6.07 Å². The molecule has 0 unspecified atom stereocenters. The minimum Gasteiger partial charge on any atom is -0.497 e. The van der Waals surface area contributed by atoms with Crippen LogP contribution in [0.15, 0.2) is 48.5 Å². The van der Waals surface area contributed by atoms with Crippen molar-refractivity contribution in [2.75, 3.05) is 26.1 Å². The summed E-state index contributed by atoms with van der Waals surface area (Å²) < 4.78 is 15.2. The minimum absolute atomic E-state index is 0.192. The molecule has 0 aromatic heterocycles. The van der Waals surface area contributed by atoms with Crippen LogP contribution in [0.5, 0.6) is 11.5 Å². The smallest absolute Gasteiger partial charge is 0.339 e. The van der Waals surface area contributed by atoms with Crippen LogP contribution in [0.1, 0.15) is 10.4 Å². The summed E-state index contributed by atoms with van der Waals surface area (Å²) in [5.41, 5.74) is 0.656. The number of para-hydroxylation sites is 1. The van der Waals surface area contributed by atoms with E-state index in [1.165, 1.54) is 7.11 Å². The lowest BCUT2D eigenvalue weighted by molar-refractivity contribution is -0.118. The zero-order chi connectivity index (χ0) is 16.7. The molecule has 0 radical (unpaired) electrons. The third kappa shape index (κ3) is 4.47. The monoisotopic (exact) mass is 315 g/mol. The molecule has 0 bridgehead atoms. The molecular weight excluding hydrogens is 298 g/mol. The highest BCUT2D eigenvalue weighted by Gasteiger charge is 2.13. The van der Waals surface area contributed by atoms with Gasteiger partial charge in [0.2, 0.25) is 0 Å². The number of ether oxygens (including phenoxy) is 3. The summed E-state index contributed by atoms with van der Waals surface area (Å²) in [6.07, 6.45) is 0. The molecule has 6 heteroatoms. The van der Waals surface area contributed by atoms with Crippen molar-refractivity contribution in [2.45, 2.75) is 0 Å². The number of methoxy groups -OCH3 is 2. The summed E-state index contributed by atoms with van der Waals surface area (Å²) in [5.74, 6) is 0.249. The molecule has 0 saturated heterocycles. The topological polar surface area (TPSA) is 73.9 Å². The van der Waals surface area contributed by atoms with Gasteiger partial charge in [0.15, 0.2) is 6.61 Å². The highest BCUT2D eigenvalue weighted by Crippen LogP contribution is 2.19. The summed E-state index contributed by atoms with van der Waals surface area (Å²) >= 11 is 0. The molecule has 1 N–H and O–H groups in total. The number of benzene rings is 2. The third-order valence-electron chi connectivity index (χ3n) is 3.02. The minimum atomic E-state index is -0.519. The fourth-order valence-electron chi connectivity index (χ4n) is 1.91. The fraction of sp³-hybridized carbons (Fsp3) is 0.176. The Morgan fingerprint density at radius 3 is 2.48 bits per heavy atom. The fourth-order valence-corrected chi connectivity index (χ4v) is 1.91.